The van der Waals surface area contributed by atoms with E-state index < -0.39 is 0 Å². The minimum absolute atomic E-state index is 0.0682. The largest absolute Gasteiger partial charge is 0.350 e. The monoisotopic (exact) mass is 319 g/mol. The Kier molecular flexibility index (Phi) is 6.84. The summed E-state index contributed by atoms with van der Waals surface area (Å²) in [5, 5.41) is 9.75. The average molecular weight is 319 g/mol. The molecule has 2 aliphatic rings. The minimum Gasteiger partial charge on any atom is -0.350 e. The van der Waals surface area contributed by atoms with Gasteiger partial charge in [-0.05, 0) is 63.5 Å². The van der Waals surface area contributed by atoms with Crippen LogP contribution in [0.25, 0.3) is 0 Å². The topological polar surface area (TPSA) is 70.2 Å². The lowest BCUT2D eigenvalue weighted by Gasteiger charge is -2.35. The van der Waals surface area contributed by atoms with Crippen molar-refractivity contribution in [1.29, 1.82) is 0 Å². The molecule has 5 nitrogen and oxygen atoms in total. The molecule has 2 rings (SSSR count). The van der Waals surface area contributed by atoms with Gasteiger partial charge in [0.15, 0.2) is 0 Å². The third-order valence-electron chi connectivity index (χ3n) is 4.99. The summed E-state index contributed by atoms with van der Waals surface area (Å²) in [5.41, 5.74) is 0. The van der Waals surface area contributed by atoms with Crippen molar-refractivity contribution < 1.29 is 9.59 Å². The highest BCUT2D eigenvalue weighted by Crippen LogP contribution is 2.23. The van der Waals surface area contributed by atoms with Crippen LogP contribution in [0.5, 0.6) is 0 Å². The maximum atomic E-state index is 11.3. The van der Waals surface area contributed by atoms with Crippen molar-refractivity contribution in [2.24, 2.45) is 0 Å². The van der Waals surface area contributed by atoms with Crippen LogP contribution < -0.4 is 16.0 Å². The Morgan fingerprint density at radius 2 is 0.957 bits per heavy atom. The molecule has 3 N–H and O–H groups in total. The van der Waals surface area contributed by atoms with Gasteiger partial charge in [-0.2, -0.15) is 0 Å². The van der Waals surface area contributed by atoms with Gasteiger partial charge in [-0.15, -0.1) is 0 Å². The van der Waals surface area contributed by atoms with Crippen molar-refractivity contribution in [2.45, 2.75) is 75.5 Å². The molecule has 128 valence electrons. The summed E-state index contributed by atoms with van der Waals surface area (Å²) < 4.78 is 0. The molecule has 2 amide bonds. The first kappa shape index (κ1) is 17.7. The molecular formula is C18H29N3O2. The van der Waals surface area contributed by atoms with E-state index >= 15 is 0 Å². The quantitative estimate of drug-likeness (QED) is 0.654. The first-order valence-electron chi connectivity index (χ1n) is 8.72. The number of carbonyl (C=O) groups is 2. The Labute approximate surface area is 139 Å². The number of amides is 2. The van der Waals surface area contributed by atoms with E-state index in [1.54, 1.807) is 0 Å². The molecule has 23 heavy (non-hydrogen) atoms. The van der Waals surface area contributed by atoms with Crippen LogP contribution in [-0.4, -0.2) is 36.0 Å². The lowest BCUT2D eigenvalue weighted by molar-refractivity contribution is -0.118. The van der Waals surface area contributed by atoms with Crippen molar-refractivity contribution in [2.75, 3.05) is 0 Å². The van der Waals surface area contributed by atoms with Gasteiger partial charge in [0.2, 0.25) is 11.8 Å². The summed E-state index contributed by atoms with van der Waals surface area (Å²) in [6, 6.07) is 1.69. The first-order valence-corrected chi connectivity index (χ1v) is 8.72. The van der Waals surface area contributed by atoms with Gasteiger partial charge in [0, 0.05) is 24.2 Å². The third-order valence-corrected chi connectivity index (χ3v) is 4.99. The van der Waals surface area contributed by atoms with Gasteiger partial charge in [-0.3, -0.25) is 9.59 Å². The maximum absolute atomic E-state index is 11.3. The molecule has 0 unspecified atom stereocenters. The van der Waals surface area contributed by atoms with Gasteiger partial charge in [0.1, 0.15) is 0 Å². The van der Waals surface area contributed by atoms with Gasteiger partial charge < -0.3 is 16.0 Å². The zero-order valence-electron chi connectivity index (χ0n) is 13.9. The van der Waals surface area contributed by atoms with Crippen LogP contribution in [-0.2, 0) is 9.59 Å². The summed E-state index contributed by atoms with van der Waals surface area (Å²) in [4.78, 5) is 22.7. The summed E-state index contributed by atoms with van der Waals surface area (Å²) in [6.45, 7) is 6.98. The Bertz CT molecular complexity index is 394. The fraction of sp³-hybridized carbons (Fsp3) is 0.667. The highest BCUT2D eigenvalue weighted by Gasteiger charge is 2.26. The van der Waals surface area contributed by atoms with E-state index in [0.717, 1.165) is 51.4 Å². The van der Waals surface area contributed by atoms with Gasteiger partial charge >= 0.3 is 0 Å². The van der Waals surface area contributed by atoms with Crippen LogP contribution in [0.2, 0.25) is 0 Å². The minimum atomic E-state index is -0.0682. The van der Waals surface area contributed by atoms with E-state index in [0.29, 0.717) is 24.2 Å². The molecule has 0 aromatic heterocycles. The predicted molar refractivity (Wildman–Crippen MR) is 91.9 cm³/mol. The molecule has 2 saturated carbocycles. The fourth-order valence-electron chi connectivity index (χ4n) is 3.66. The van der Waals surface area contributed by atoms with Crippen molar-refractivity contribution in [3.8, 4) is 0 Å². The maximum Gasteiger partial charge on any atom is 0.243 e. The SMILES string of the molecule is C=CC(=O)NC1CCC(NC2CCC(NC(=O)C=C)CC2)CC1. The normalized spacial score (nSPS) is 31.0. The summed E-state index contributed by atoms with van der Waals surface area (Å²) in [7, 11) is 0. The molecule has 2 fully saturated rings. The van der Waals surface area contributed by atoms with Crippen molar-refractivity contribution in [1.82, 2.24) is 16.0 Å². The second kappa shape index (κ2) is 8.87. The first-order chi connectivity index (χ1) is 11.1. The fourth-order valence-corrected chi connectivity index (χ4v) is 3.66. The number of nitrogens with one attached hydrogen (secondary N) is 3. The van der Waals surface area contributed by atoms with Crippen molar-refractivity contribution >= 4 is 11.8 Å². The van der Waals surface area contributed by atoms with Crippen LogP contribution in [0.3, 0.4) is 0 Å². The van der Waals surface area contributed by atoms with Crippen molar-refractivity contribution in [3.63, 3.8) is 0 Å². The molecule has 0 atom stereocenters. The standard InChI is InChI=1S/C18H29N3O2/c1-3-17(22)20-15-9-5-13(6-10-15)19-14-7-11-16(12-8-14)21-18(23)4-2/h3-4,13-16,19H,1-2,5-12H2,(H,20,22)(H,21,23). The van der Waals surface area contributed by atoms with E-state index in [-0.39, 0.29) is 11.8 Å². The Morgan fingerprint density at radius 1 is 0.652 bits per heavy atom. The summed E-state index contributed by atoms with van der Waals surface area (Å²) in [6.07, 6.45) is 11.2. The number of hydrogen-bond donors (Lipinski definition) is 3. The Morgan fingerprint density at radius 3 is 1.26 bits per heavy atom. The molecule has 0 aliphatic heterocycles. The molecule has 2 aliphatic carbocycles. The number of carbonyl (C=O) groups excluding carboxylic acids is 2. The highest BCUT2D eigenvalue weighted by molar-refractivity contribution is 5.87. The second-order valence-corrected chi connectivity index (χ2v) is 6.69. The Hall–Kier alpha value is -1.62. The van der Waals surface area contributed by atoms with Gasteiger partial charge in [0.25, 0.3) is 0 Å². The zero-order valence-corrected chi connectivity index (χ0v) is 13.9. The lowest BCUT2D eigenvalue weighted by Crippen LogP contribution is -2.47. The molecule has 0 bridgehead atoms. The molecule has 0 radical (unpaired) electrons. The lowest BCUT2D eigenvalue weighted by atomic mass is 9.87. The van der Waals surface area contributed by atoms with Crippen LogP contribution in [0.15, 0.2) is 25.3 Å². The number of hydrogen-bond acceptors (Lipinski definition) is 3. The van der Waals surface area contributed by atoms with Crippen LogP contribution >= 0.6 is 0 Å². The summed E-state index contributed by atoms with van der Waals surface area (Å²) in [5.74, 6) is -0.136. The molecule has 0 spiro atoms. The van der Waals surface area contributed by atoms with E-state index in [9.17, 15) is 9.59 Å². The average Bonchev–Trinajstić information content (AvgIpc) is 2.58. The van der Waals surface area contributed by atoms with E-state index in [4.69, 9.17) is 0 Å². The van der Waals surface area contributed by atoms with Gasteiger partial charge in [0.05, 0.1) is 0 Å². The van der Waals surface area contributed by atoms with Crippen LogP contribution in [0.4, 0.5) is 0 Å². The van der Waals surface area contributed by atoms with Gasteiger partial charge in [-0.25, -0.2) is 0 Å². The van der Waals surface area contributed by atoms with E-state index in [2.05, 4.69) is 29.1 Å². The van der Waals surface area contributed by atoms with Crippen LogP contribution in [0.1, 0.15) is 51.4 Å². The molecule has 0 heterocycles. The molecule has 0 aromatic rings. The molecule has 5 heteroatoms. The highest BCUT2D eigenvalue weighted by atomic mass is 16.2. The molecule has 0 saturated heterocycles. The molecule has 0 aromatic carbocycles. The second-order valence-electron chi connectivity index (χ2n) is 6.69. The smallest absolute Gasteiger partial charge is 0.243 e. The number of rotatable bonds is 6. The summed E-state index contributed by atoms with van der Waals surface area (Å²) >= 11 is 0. The molecular weight excluding hydrogens is 290 g/mol. The Balaban J connectivity index is 1.64. The van der Waals surface area contributed by atoms with E-state index in [1.165, 1.54) is 12.2 Å². The van der Waals surface area contributed by atoms with E-state index in [1.807, 2.05) is 0 Å². The third kappa shape index (κ3) is 5.82. The predicted octanol–water partition coefficient (Wildman–Crippen LogP) is 1.80. The van der Waals surface area contributed by atoms with Gasteiger partial charge in [-0.1, -0.05) is 13.2 Å². The van der Waals surface area contributed by atoms with Crippen molar-refractivity contribution in [3.05, 3.63) is 25.3 Å². The zero-order chi connectivity index (χ0) is 16.7. The van der Waals surface area contributed by atoms with Crippen LogP contribution in [0, 0.1) is 0 Å².